The number of ether oxygens (including phenoxy) is 2. The summed E-state index contributed by atoms with van der Waals surface area (Å²) in [4.78, 5) is 20.1. The second-order valence-electron chi connectivity index (χ2n) is 6.94. The number of thiazole rings is 1. The Hall–Kier alpha value is -3.16. The SMILES string of the molecule is COc1cc(CN(C)C(=O)c2csc(-c3cccs3)n2)ccc1OCc1ccccc1. The summed E-state index contributed by atoms with van der Waals surface area (Å²) in [5, 5.41) is 4.69. The largest absolute Gasteiger partial charge is 0.493 e. The maximum Gasteiger partial charge on any atom is 0.273 e. The summed E-state index contributed by atoms with van der Waals surface area (Å²) in [6.07, 6.45) is 0. The monoisotopic (exact) mass is 450 g/mol. The van der Waals surface area contributed by atoms with Crippen LogP contribution < -0.4 is 9.47 Å². The molecule has 4 rings (SSSR count). The Labute approximate surface area is 189 Å². The van der Waals surface area contributed by atoms with Crippen LogP contribution in [0.4, 0.5) is 0 Å². The van der Waals surface area contributed by atoms with Gasteiger partial charge in [0.25, 0.3) is 5.91 Å². The molecule has 31 heavy (non-hydrogen) atoms. The number of aromatic nitrogens is 1. The first-order valence-electron chi connectivity index (χ1n) is 9.72. The van der Waals surface area contributed by atoms with E-state index in [4.69, 9.17) is 9.47 Å². The molecule has 0 aliphatic heterocycles. The fourth-order valence-corrected chi connectivity index (χ4v) is 4.70. The Morgan fingerprint density at radius 3 is 2.58 bits per heavy atom. The van der Waals surface area contributed by atoms with Gasteiger partial charge >= 0.3 is 0 Å². The smallest absolute Gasteiger partial charge is 0.273 e. The molecule has 0 atom stereocenters. The van der Waals surface area contributed by atoms with Crippen LogP contribution in [0.2, 0.25) is 0 Å². The third kappa shape index (κ3) is 5.13. The lowest BCUT2D eigenvalue weighted by atomic mass is 10.2. The lowest BCUT2D eigenvalue weighted by Gasteiger charge is -2.18. The highest BCUT2D eigenvalue weighted by atomic mass is 32.1. The van der Waals surface area contributed by atoms with Gasteiger partial charge in [-0.1, -0.05) is 42.5 Å². The fourth-order valence-electron chi connectivity index (χ4n) is 3.09. The van der Waals surface area contributed by atoms with Crippen LogP contribution in [0.25, 0.3) is 9.88 Å². The van der Waals surface area contributed by atoms with Crippen molar-refractivity contribution in [2.24, 2.45) is 0 Å². The molecule has 158 valence electrons. The zero-order chi connectivity index (χ0) is 21.6. The summed E-state index contributed by atoms with van der Waals surface area (Å²) in [5.74, 6) is 1.20. The quantitative estimate of drug-likeness (QED) is 0.344. The van der Waals surface area contributed by atoms with Gasteiger partial charge < -0.3 is 14.4 Å². The van der Waals surface area contributed by atoms with Gasteiger partial charge in [-0.05, 0) is 34.7 Å². The van der Waals surface area contributed by atoms with Crippen molar-refractivity contribution < 1.29 is 14.3 Å². The van der Waals surface area contributed by atoms with Crippen LogP contribution in [-0.4, -0.2) is 29.9 Å². The highest BCUT2D eigenvalue weighted by molar-refractivity contribution is 7.20. The summed E-state index contributed by atoms with van der Waals surface area (Å²) >= 11 is 3.10. The van der Waals surface area contributed by atoms with Gasteiger partial charge in [0.15, 0.2) is 11.5 Å². The van der Waals surface area contributed by atoms with Crippen LogP contribution in [0.5, 0.6) is 11.5 Å². The molecule has 0 radical (unpaired) electrons. The fraction of sp³-hybridized carbons (Fsp3) is 0.167. The molecular formula is C24H22N2O3S2. The summed E-state index contributed by atoms with van der Waals surface area (Å²) in [6, 6.07) is 19.7. The minimum atomic E-state index is -0.109. The van der Waals surface area contributed by atoms with Gasteiger partial charge in [0, 0.05) is 19.0 Å². The van der Waals surface area contributed by atoms with E-state index in [0.29, 0.717) is 30.3 Å². The Bertz CT molecular complexity index is 1140. The van der Waals surface area contributed by atoms with Crippen molar-refractivity contribution >= 4 is 28.6 Å². The first kappa shape index (κ1) is 21.1. The molecule has 0 saturated carbocycles. The van der Waals surface area contributed by atoms with E-state index in [2.05, 4.69) is 4.98 Å². The highest BCUT2D eigenvalue weighted by Crippen LogP contribution is 2.30. The Balaban J connectivity index is 1.41. The van der Waals surface area contributed by atoms with E-state index in [-0.39, 0.29) is 5.91 Å². The number of hydrogen-bond donors (Lipinski definition) is 0. The number of rotatable bonds is 8. The molecule has 4 aromatic rings. The van der Waals surface area contributed by atoms with E-state index in [9.17, 15) is 4.79 Å². The van der Waals surface area contributed by atoms with Crippen molar-refractivity contribution in [2.75, 3.05) is 14.2 Å². The molecule has 5 nitrogen and oxygen atoms in total. The lowest BCUT2D eigenvalue weighted by molar-refractivity contribution is 0.0780. The van der Waals surface area contributed by atoms with E-state index in [1.807, 2.05) is 71.4 Å². The maximum atomic E-state index is 12.8. The summed E-state index contributed by atoms with van der Waals surface area (Å²) in [6.45, 7) is 0.908. The average Bonchev–Trinajstić information content (AvgIpc) is 3.50. The number of carbonyl (C=O) groups excluding carboxylic acids is 1. The molecule has 7 heteroatoms. The Kier molecular flexibility index (Phi) is 6.64. The maximum absolute atomic E-state index is 12.8. The molecule has 2 aromatic carbocycles. The predicted molar refractivity (Wildman–Crippen MR) is 125 cm³/mol. The van der Waals surface area contributed by atoms with Crippen molar-refractivity contribution in [1.82, 2.24) is 9.88 Å². The van der Waals surface area contributed by atoms with Crippen LogP contribution in [-0.2, 0) is 13.2 Å². The summed E-state index contributed by atoms with van der Waals surface area (Å²) < 4.78 is 11.4. The zero-order valence-electron chi connectivity index (χ0n) is 17.3. The molecule has 2 aromatic heterocycles. The number of amides is 1. The molecule has 2 heterocycles. The standard InChI is InChI=1S/C24H22N2O3S2/c1-26(24(27)19-16-31-23(25-19)22-9-6-12-30-22)14-18-10-11-20(21(13-18)28-2)29-15-17-7-4-3-5-8-17/h3-13,16H,14-15H2,1-2H3. The van der Waals surface area contributed by atoms with Gasteiger partial charge in [-0.3, -0.25) is 4.79 Å². The Morgan fingerprint density at radius 1 is 1.00 bits per heavy atom. The molecule has 0 unspecified atom stereocenters. The number of hydrogen-bond acceptors (Lipinski definition) is 6. The lowest BCUT2D eigenvalue weighted by Crippen LogP contribution is -2.26. The van der Waals surface area contributed by atoms with E-state index in [1.165, 1.54) is 11.3 Å². The predicted octanol–water partition coefficient (Wildman–Crippen LogP) is 5.73. The molecule has 0 aliphatic carbocycles. The van der Waals surface area contributed by atoms with Crippen LogP contribution in [0, 0.1) is 0 Å². The molecule has 1 amide bonds. The third-order valence-corrected chi connectivity index (χ3v) is 6.57. The minimum Gasteiger partial charge on any atom is -0.493 e. The van der Waals surface area contributed by atoms with E-state index in [1.54, 1.807) is 30.4 Å². The van der Waals surface area contributed by atoms with Crippen LogP contribution in [0.15, 0.2) is 71.4 Å². The van der Waals surface area contributed by atoms with Gasteiger partial charge in [-0.15, -0.1) is 22.7 Å². The third-order valence-electron chi connectivity index (χ3n) is 4.69. The molecule has 0 spiro atoms. The topological polar surface area (TPSA) is 51.7 Å². The summed E-state index contributed by atoms with van der Waals surface area (Å²) in [7, 11) is 3.39. The number of nitrogens with zero attached hydrogens (tertiary/aromatic N) is 2. The molecular weight excluding hydrogens is 428 g/mol. The van der Waals surface area contributed by atoms with Crippen LogP contribution in [0.3, 0.4) is 0 Å². The van der Waals surface area contributed by atoms with Crippen molar-refractivity contribution in [2.45, 2.75) is 13.2 Å². The second kappa shape index (κ2) is 9.76. The number of methoxy groups -OCH3 is 1. The van der Waals surface area contributed by atoms with E-state index >= 15 is 0 Å². The minimum absolute atomic E-state index is 0.109. The normalized spacial score (nSPS) is 10.6. The number of benzene rings is 2. The Morgan fingerprint density at radius 2 is 1.84 bits per heavy atom. The van der Waals surface area contributed by atoms with Crippen molar-refractivity contribution in [3.05, 3.63) is 88.2 Å². The molecule has 0 N–H and O–H groups in total. The van der Waals surface area contributed by atoms with Crippen LogP contribution >= 0.6 is 22.7 Å². The summed E-state index contributed by atoms with van der Waals surface area (Å²) in [5.41, 5.74) is 2.50. The number of carbonyl (C=O) groups is 1. The van der Waals surface area contributed by atoms with Gasteiger partial charge in [0.1, 0.15) is 17.3 Å². The van der Waals surface area contributed by atoms with Gasteiger partial charge in [0.2, 0.25) is 0 Å². The average molecular weight is 451 g/mol. The van der Waals surface area contributed by atoms with E-state index < -0.39 is 0 Å². The van der Waals surface area contributed by atoms with Gasteiger partial charge in [-0.25, -0.2) is 4.98 Å². The van der Waals surface area contributed by atoms with Crippen molar-refractivity contribution in [3.8, 4) is 21.4 Å². The first-order chi connectivity index (χ1) is 15.1. The molecule has 0 bridgehead atoms. The van der Waals surface area contributed by atoms with Crippen molar-refractivity contribution in [1.29, 1.82) is 0 Å². The molecule has 0 fully saturated rings. The first-order valence-corrected chi connectivity index (χ1v) is 11.5. The molecule has 0 aliphatic rings. The molecule has 0 saturated heterocycles. The second-order valence-corrected chi connectivity index (χ2v) is 8.74. The van der Waals surface area contributed by atoms with Gasteiger partial charge in [-0.2, -0.15) is 0 Å². The van der Waals surface area contributed by atoms with Crippen molar-refractivity contribution in [3.63, 3.8) is 0 Å². The number of thiophene rings is 1. The zero-order valence-corrected chi connectivity index (χ0v) is 18.9. The van der Waals surface area contributed by atoms with Crippen LogP contribution in [0.1, 0.15) is 21.6 Å². The van der Waals surface area contributed by atoms with E-state index in [0.717, 1.165) is 21.0 Å². The van der Waals surface area contributed by atoms with Gasteiger partial charge in [0.05, 0.1) is 12.0 Å². The highest BCUT2D eigenvalue weighted by Gasteiger charge is 2.17.